The fourth-order valence-electron chi connectivity index (χ4n) is 1.14. The smallest absolute Gasteiger partial charge is 0.0711 e. The topological polar surface area (TPSA) is 12.5 Å². The number of ether oxygens (including phenoxy) is 1. The van der Waals surface area contributed by atoms with Crippen LogP contribution in [0, 0.1) is 0 Å². The summed E-state index contributed by atoms with van der Waals surface area (Å²) in [5.41, 5.74) is 0. The summed E-state index contributed by atoms with van der Waals surface area (Å²) in [5.74, 6) is 0. The predicted octanol–water partition coefficient (Wildman–Crippen LogP) is 1.84. The van der Waals surface area contributed by atoms with Crippen LogP contribution in [0.15, 0.2) is 0 Å². The molecule has 1 heterocycles. The van der Waals surface area contributed by atoms with Crippen molar-refractivity contribution in [1.29, 1.82) is 0 Å². The third-order valence-electron chi connectivity index (χ3n) is 1.77. The summed E-state index contributed by atoms with van der Waals surface area (Å²) in [4.78, 5) is 0. The molecule has 0 spiro atoms. The van der Waals surface area contributed by atoms with E-state index in [1.165, 1.54) is 12.8 Å². The Bertz CT molecular complexity index is 93.6. The van der Waals surface area contributed by atoms with Crippen molar-refractivity contribution in [3.8, 4) is 0 Å². The first kappa shape index (κ1) is 8.74. The Morgan fingerprint density at radius 3 is 3.00 bits per heavy atom. The molecule has 1 saturated heterocycles. The summed E-state index contributed by atoms with van der Waals surface area (Å²) in [7, 11) is 0. The van der Waals surface area contributed by atoms with Crippen molar-refractivity contribution in [1.82, 2.24) is 3.11 Å². The second-order valence-corrected chi connectivity index (χ2v) is 3.96. The van der Waals surface area contributed by atoms with Gasteiger partial charge in [-0.05, 0) is 12.8 Å². The van der Waals surface area contributed by atoms with Crippen LogP contribution in [-0.4, -0.2) is 28.9 Å². The molecule has 0 aliphatic carbocycles. The zero-order valence-corrected chi connectivity index (χ0v) is 8.50. The highest BCUT2D eigenvalue weighted by Crippen LogP contribution is 2.14. The molecule has 0 aromatic rings. The van der Waals surface area contributed by atoms with E-state index < -0.39 is 0 Å². The average molecular weight is 255 g/mol. The predicted molar refractivity (Wildman–Crippen MR) is 50.2 cm³/mol. The van der Waals surface area contributed by atoms with E-state index in [9.17, 15) is 0 Å². The van der Waals surface area contributed by atoms with Crippen molar-refractivity contribution in [2.75, 3.05) is 19.7 Å². The van der Waals surface area contributed by atoms with E-state index in [-0.39, 0.29) is 0 Å². The molecule has 0 aromatic carbocycles. The van der Waals surface area contributed by atoms with Gasteiger partial charge in [-0.25, -0.2) is 3.11 Å². The molecule has 1 aliphatic heterocycles. The Morgan fingerprint density at radius 2 is 2.50 bits per heavy atom. The summed E-state index contributed by atoms with van der Waals surface area (Å²) >= 11 is 2.35. The molecule has 0 N–H and O–H groups in total. The molecule has 0 amide bonds. The first-order chi connectivity index (χ1) is 4.83. The van der Waals surface area contributed by atoms with E-state index in [4.69, 9.17) is 4.74 Å². The van der Waals surface area contributed by atoms with Gasteiger partial charge in [0.25, 0.3) is 0 Å². The van der Waals surface area contributed by atoms with Gasteiger partial charge < -0.3 is 4.74 Å². The summed E-state index contributed by atoms with van der Waals surface area (Å²) in [5, 5.41) is 0. The molecule has 60 valence electrons. The lowest BCUT2D eigenvalue weighted by Crippen LogP contribution is -2.23. The van der Waals surface area contributed by atoms with Crippen molar-refractivity contribution in [2.24, 2.45) is 0 Å². The maximum Gasteiger partial charge on any atom is 0.0711 e. The molecule has 0 aromatic heterocycles. The number of nitrogens with zero attached hydrogens (tertiary/aromatic N) is 1. The van der Waals surface area contributed by atoms with Crippen molar-refractivity contribution in [3.05, 3.63) is 0 Å². The Labute approximate surface area is 76.4 Å². The van der Waals surface area contributed by atoms with Crippen LogP contribution in [0.5, 0.6) is 0 Å². The number of halogens is 1. The van der Waals surface area contributed by atoms with E-state index in [0.29, 0.717) is 6.10 Å². The van der Waals surface area contributed by atoms with Gasteiger partial charge in [0.05, 0.1) is 6.10 Å². The van der Waals surface area contributed by atoms with Gasteiger partial charge in [0, 0.05) is 42.6 Å². The lowest BCUT2D eigenvalue weighted by molar-refractivity contribution is 0.0997. The van der Waals surface area contributed by atoms with Gasteiger partial charge in [-0.2, -0.15) is 0 Å². The minimum atomic E-state index is 0.511. The van der Waals surface area contributed by atoms with Crippen LogP contribution in [0.4, 0.5) is 0 Å². The quantitative estimate of drug-likeness (QED) is 0.563. The number of likely N-dealkylation sites (N-methyl/N-ethyl adjacent to an activating group) is 1. The van der Waals surface area contributed by atoms with Crippen LogP contribution in [0.3, 0.4) is 0 Å². The lowest BCUT2D eigenvalue weighted by Gasteiger charge is -2.15. The Morgan fingerprint density at radius 1 is 1.70 bits per heavy atom. The molecule has 2 nitrogen and oxygen atoms in total. The third-order valence-corrected chi connectivity index (χ3v) is 2.85. The standard InChI is InChI=1S/C7H14INO/c1-2-9(8)6-7-4-3-5-10-7/h7H,2-6H2,1H3. The highest BCUT2D eigenvalue weighted by molar-refractivity contribution is 14.1. The molecular formula is C7H14INO. The zero-order chi connectivity index (χ0) is 7.40. The van der Waals surface area contributed by atoms with Crippen molar-refractivity contribution < 1.29 is 4.74 Å². The molecular weight excluding hydrogens is 241 g/mol. The molecule has 10 heavy (non-hydrogen) atoms. The minimum absolute atomic E-state index is 0.511. The van der Waals surface area contributed by atoms with Gasteiger partial charge in [0.15, 0.2) is 0 Å². The van der Waals surface area contributed by atoms with E-state index >= 15 is 0 Å². The van der Waals surface area contributed by atoms with Gasteiger partial charge in [0.1, 0.15) is 0 Å². The molecule has 1 rings (SSSR count). The van der Waals surface area contributed by atoms with Gasteiger partial charge in [-0.3, -0.25) is 0 Å². The van der Waals surface area contributed by atoms with Gasteiger partial charge in [-0.15, -0.1) is 0 Å². The van der Waals surface area contributed by atoms with Gasteiger partial charge in [-0.1, -0.05) is 6.92 Å². The zero-order valence-electron chi connectivity index (χ0n) is 6.35. The van der Waals surface area contributed by atoms with E-state index in [1.54, 1.807) is 0 Å². The van der Waals surface area contributed by atoms with Crippen LogP contribution >= 0.6 is 22.9 Å². The molecule has 1 aliphatic rings. The molecule has 1 fully saturated rings. The normalized spacial score (nSPS) is 26.1. The Kier molecular flexibility index (Phi) is 3.95. The fraction of sp³-hybridized carbons (Fsp3) is 1.00. The van der Waals surface area contributed by atoms with E-state index in [0.717, 1.165) is 19.7 Å². The lowest BCUT2D eigenvalue weighted by atomic mass is 10.2. The summed E-state index contributed by atoms with van der Waals surface area (Å²) < 4.78 is 7.75. The largest absolute Gasteiger partial charge is 0.377 e. The van der Waals surface area contributed by atoms with Crippen LogP contribution in [0.1, 0.15) is 19.8 Å². The molecule has 1 unspecified atom stereocenters. The summed E-state index contributed by atoms with van der Waals surface area (Å²) in [6, 6.07) is 0. The highest BCUT2D eigenvalue weighted by atomic mass is 127. The highest BCUT2D eigenvalue weighted by Gasteiger charge is 2.16. The maximum absolute atomic E-state index is 5.48. The summed E-state index contributed by atoms with van der Waals surface area (Å²) in [6.45, 7) is 5.34. The molecule has 0 saturated carbocycles. The van der Waals surface area contributed by atoms with Gasteiger partial charge >= 0.3 is 0 Å². The third kappa shape index (κ3) is 2.72. The number of rotatable bonds is 3. The molecule has 0 radical (unpaired) electrons. The monoisotopic (exact) mass is 255 g/mol. The van der Waals surface area contributed by atoms with Crippen LogP contribution < -0.4 is 0 Å². The van der Waals surface area contributed by atoms with Crippen LogP contribution in [-0.2, 0) is 4.74 Å². The minimum Gasteiger partial charge on any atom is -0.377 e. The molecule has 0 bridgehead atoms. The first-order valence-corrected chi connectivity index (χ1v) is 4.81. The first-order valence-electron chi connectivity index (χ1n) is 3.85. The molecule has 3 heteroatoms. The van der Waals surface area contributed by atoms with Crippen molar-refractivity contribution in [2.45, 2.75) is 25.9 Å². The summed E-state index contributed by atoms with van der Waals surface area (Å²) in [6.07, 6.45) is 3.01. The second-order valence-electron chi connectivity index (χ2n) is 2.60. The Balaban J connectivity index is 2.11. The number of hydrogen-bond acceptors (Lipinski definition) is 2. The molecule has 1 atom stereocenters. The van der Waals surface area contributed by atoms with E-state index in [1.807, 2.05) is 0 Å². The van der Waals surface area contributed by atoms with Gasteiger partial charge in [0.2, 0.25) is 0 Å². The second kappa shape index (κ2) is 4.51. The SMILES string of the molecule is CCN(I)CC1CCCO1. The number of hydrogen-bond donors (Lipinski definition) is 0. The van der Waals surface area contributed by atoms with Crippen LogP contribution in [0.2, 0.25) is 0 Å². The van der Waals surface area contributed by atoms with E-state index in [2.05, 4.69) is 32.9 Å². The fourth-order valence-corrected chi connectivity index (χ4v) is 1.58. The van der Waals surface area contributed by atoms with Crippen LogP contribution in [0.25, 0.3) is 0 Å². The van der Waals surface area contributed by atoms with Crippen molar-refractivity contribution in [3.63, 3.8) is 0 Å². The van der Waals surface area contributed by atoms with Crippen molar-refractivity contribution >= 4 is 22.9 Å². The Hall–Kier alpha value is 0.650. The maximum atomic E-state index is 5.48. The average Bonchev–Trinajstić information content (AvgIpc) is 2.40.